The molecule has 0 atom stereocenters. The summed E-state index contributed by atoms with van der Waals surface area (Å²) in [7, 11) is 0. The summed E-state index contributed by atoms with van der Waals surface area (Å²) in [5, 5.41) is 0. The molecular weight excluding hydrogens is 180 g/mol. The highest BCUT2D eigenvalue weighted by atomic mass is 14.3. The van der Waals surface area contributed by atoms with Gasteiger partial charge < -0.3 is 0 Å². The normalized spacial score (nSPS) is 34.6. The maximum absolute atomic E-state index is 2.41. The molecule has 0 heterocycles. The lowest BCUT2D eigenvalue weighted by atomic mass is 9.69. The molecule has 0 aromatic heterocycles. The first-order valence-electron chi connectivity index (χ1n) is 7.27. The van der Waals surface area contributed by atoms with Crippen molar-refractivity contribution >= 4 is 0 Å². The molecule has 88 valence electrons. The van der Waals surface area contributed by atoms with Crippen LogP contribution in [0.3, 0.4) is 0 Å². The fraction of sp³-hybridized carbons (Fsp3) is 1.00. The van der Waals surface area contributed by atoms with E-state index >= 15 is 0 Å². The van der Waals surface area contributed by atoms with Gasteiger partial charge in [0.15, 0.2) is 0 Å². The van der Waals surface area contributed by atoms with Gasteiger partial charge in [-0.2, -0.15) is 0 Å². The first-order valence-corrected chi connectivity index (χ1v) is 7.27. The minimum atomic E-state index is 0.928. The van der Waals surface area contributed by atoms with Gasteiger partial charge in [0.05, 0.1) is 0 Å². The minimum Gasteiger partial charge on any atom is -0.0625 e. The fourth-order valence-corrected chi connectivity index (χ4v) is 3.89. The van der Waals surface area contributed by atoms with E-state index in [9.17, 15) is 0 Å². The molecule has 0 radical (unpaired) electrons. The lowest BCUT2D eigenvalue weighted by Gasteiger charge is -2.37. The maximum Gasteiger partial charge on any atom is -0.0386 e. The van der Waals surface area contributed by atoms with Crippen LogP contribution in [0.15, 0.2) is 0 Å². The van der Waals surface area contributed by atoms with E-state index in [-0.39, 0.29) is 0 Å². The molecule has 2 aliphatic carbocycles. The molecule has 0 aliphatic heterocycles. The molecule has 0 saturated heterocycles. The molecule has 2 saturated carbocycles. The Hall–Kier alpha value is 0. The van der Waals surface area contributed by atoms with Crippen LogP contribution in [-0.2, 0) is 0 Å². The lowest BCUT2D eigenvalue weighted by Crippen LogP contribution is -2.25. The molecule has 0 amide bonds. The van der Waals surface area contributed by atoms with E-state index in [2.05, 4.69) is 13.8 Å². The molecular formula is C15H28. The van der Waals surface area contributed by atoms with Gasteiger partial charge in [-0.1, -0.05) is 46.0 Å². The number of hydrogen-bond donors (Lipinski definition) is 0. The highest BCUT2D eigenvalue weighted by Crippen LogP contribution is 2.41. The quantitative estimate of drug-likeness (QED) is 0.597. The lowest BCUT2D eigenvalue weighted by molar-refractivity contribution is 0.148. The Morgan fingerprint density at radius 3 is 1.73 bits per heavy atom. The van der Waals surface area contributed by atoms with Gasteiger partial charge in [0.1, 0.15) is 0 Å². The van der Waals surface area contributed by atoms with Crippen LogP contribution in [0.1, 0.15) is 71.6 Å². The Morgan fingerprint density at radius 2 is 1.20 bits per heavy atom. The van der Waals surface area contributed by atoms with Crippen molar-refractivity contribution in [1.82, 2.24) is 0 Å². The Kier molecular flexibility index (Phi) is 4.11. The SMILES string of the molecule is CC(C)C1CCC(C2CCCCC2)CC1. The molecule has 0 aromatic carbocycles. The fourth-order valence-electron chi connectivity index (χ4n) is 3.89. The summed E-state index contributed by atoms with van der Waals surface area (Å²) in [6.45, 7) is 4.82. The molecule has 2 aliphatic rings. The highest BCUT2D eigenvalue weighted by molar-refractivity contribution is 4.80. The largest absolute Gasteiger partial charge is 0.0625 e. The van der Waals surface area contributed by atoms with E-state index in [0.29, 0.717) is 0 Å². The molecule has 0 nitrogen and oxygen atoms in total. The van der Waals surface area contributed by atoms with E-state index in [1.807, 2.05) is 0 Å². The van der Waals surface area contributed by atoms with E-state index < -0.39 is 0 Å². The molecule has 0 aromatic rings. The average Bonchev–Trinajstić information content (AvgIpc) is 2.30. The van der Waals surface area contributed by atoms with Gasteiger partial charge in [-0.05, 0) is 49.4 Å². The van der Waals surface area contributed by atoms with Crippen LogP contribution >= 0.6 is 0 Å². The van der Waals surface area contributed by atoms with Crippen LogP contribution in [0.4, 0.5) is 0 Å². The summed E-state index contributed by atoms with van der Waals surface area (Å²) in [5.41, 5.74) is 0. The van der Waals surface area contributed by atoms with Gasteiger partial charge in [-0.25, -0.2) is 0 Å². The highest BCUT2D eigenvalue weighted by Gasteiger charge is 2.29. The van der Waals surface area contributed by atoms with Crippen molar-refractivity contribution in [2.75, 3.05) is 0 Å². The van der Waals surface area contributed by atoms with Crippen LogP contribution < -0.4 is 0 Å². The smallest absolute Gasteiger partial charge is 0.0386 e. The third-order valence-corrected chi connectivity index (χ3v) is 5.08. The van der Waals surface area contributed by atoms with Crippen LogP contribution in [0, 0.1) is 23.7 Å². The molecule has 0 N–H and O–H groups in total. The Labute approximate surface area is 95.8 Å². The maximum atomic E-state index is 2.41. The van der Waals surface area contributed by atoms with Crippen LogP contribution in [0.25, 0.3) is 0 Å². The molecule has 0 spiro atoms. The molecule has 0 bridgehead atoms. The van der Waals surface area contributed by atoms with Gasteiger partial charge in [0, 0.05) is 0 Å². The predicted molar refractivity (Wildman–Crippen MR) is 66.9 cm³/mol. The predicted octanol–water partition coefficient (Wildman–Crippen LogP) is 5.03. The summed E-state index contributed by atoms with van der Waals surface area (Å²) < 4.78 is 0. The summed E-state index contributed by atoms with van der Waals surface area (Å²) >= 11 is 0. The summed E-state index contributed by atoms with van der Waals surface area (Å²) in [6.07, 6.45) is 13.8. The number of hydrogen-bond acceptors (Lipinski definition) is 0. The average molecular weight is 208 g/mol. The topological polar surface area (TPSA) is 0 Å². The van der Waals surface area contributed by atoms with E-state index in [4.69, 9.17) is 0 Å². The van der Waals surface area contributed by atoms with Gasteiger partial charge in [-0.3, -0.25) is 0 Å². The van der Waals surface area contributed by atoms with E-state index in [1.54, 1.807) is 25.7 Å². The number of rotatable bonds is 2. The molecule has 2 fully saturated rings. The second-order valence-corrected chi connectivity index (χ2v) is 6.32. The molecule has 0 unspecified atom stereocenters. The zero-order valence-electron chi connectivity index (χ0n) is 10.7. The van der Waals surface area contributed by atoms with Crippen molar-refractivity contribution in [2.24, 2.45) is 23.7 Å². The first kappa shape index (κ1) is 11.5. The molecule has 2 rings (SSSR count). The minimum absolute atomic E-state index is 0.928. The Morgan fingerprint density at radius 1 is 0.667 bits per heavy atom. The van der Waals surface area contributed by atoms with Gasteiger partial charge in [0.25, 0.3) is 0 Å². The van der Waals surface area contributed by atoms with Crippen LogP contribution in [0.5, 0.6) is 0 Å². The van der Waals surface area contributed by atoms with Gasteiger partial charge in [0.2, 0.25) is 0 Å². The third kappa shape index (κ3) is 2.98. The standard InChI is InChI=1S/C15H28/c1-12(2)13-8-10-15(11-9-13)14-6-4-3-5-7-14/h12-15H,3-11H2,1-2H3. The second-order valence-electron chi connectivity index (χ2n) is 6.32. The first-order chi connectivity index (χ1) is 7.27. The van der Waals surface area contributed by atoms with E-state index in [1.165, 1.54) is 32.1 Å². The monoisotopic (exact) mass is 208 g/mol. The third-order valence-electron chi connectivity index (χ3n) is 5.08. The van der Waals surface area contributed by atoms with Gasteiger partial charge in [-0.15, -0.1) is 0 Å². The zero-order chi connectivity index (χ0) is 10.7. The summed E-state index contributed by atoms with van der Waals surface area (Å²) in [5.74, 6) is 4.20. The van der Waals surface area contributed by atoms with Gasteiger partial charge >= 0.3 is 0 Å². The van der Waals surface area contributed by atoms with Crippen molar-refractivity contribution in [2.45, 2.75) is 71.6 Å². The second kappa shape index (κ2) is 5.37. The Balaban J connectivity index is 1.77. The molecule has 0 heteroatoms. The van der Waals surface area contributed by atoms with E-state index in [0.717, 1.165) is 23.7 Å². The van der Waals surface area contributed by atoms with Crippen LogP contribution in [0.2, 0.25) is 0 Å². The molecule has 15 heavy (non-hydrogen) atoms. The zero-order valence-corrected chi connectivity index (χ0v) is 10.7. The van der Waals surface area contributed by atoms with Crippen LogP contribution in [-0.4, -0.2) is 0 Å². The Bertz CT molecular complexity index is 168. The summed E-state index contributed by atoms with van der Waals surface area (Å²) in [4.78, 5) is 0. The van der Waals surface area contributed by atoms with Crippen molar-refractivity contribution in [3.05, 3.63) is 0 Å². The van der Waals surface area contributed by atoms with Crippen molar-refractivity contribution in [1.29, 1.82) is 0 Å². The summed E-state index contributed by atoms with van der Waals surface area (Å²) in [6, 6.07) is 0. The van der Waals surface area contributed by atoms with Crippen molar-refractivity contribution in [3.8, 4) is 0 Å². The van der Waals surface area contributed by atoms with Crippen molar-refractivity contribution < 1.29 is 0 Å². The van der Waals surface area contributed by atoms with Crippen molar-refractivity contribution in [3.63, 3.8) is 0 Å².